The molecule has 1 saturated carbocycles. The van der Waals surface area contributed by atoms with Crippen molar-refractivity contribution in [1.29, 1.82) is 0 Å². The number of aromatic nitrogens is 3. The molecule has 2 heterocycles. The number of nitrogens with zero attached hydrogens (tertiary/aromatic N) is 3. The summed E-state index contributed by atoms with van der Waals surface area (Å²) in [5.41, 5.74) is 6.28. The maximum Gasteiger partial charge on any atom is 0.244 e. The summed E-state index contributed by atoms with van der Waals surface area (Å²) < 4.78 is 0. The summed E-state index contributed by atoms with van der Waals surface area (Å²) in [6.45, 7) is 6.46. The first-order valence-electron chi connectivity index (χ1n) is 8.58. The number of hydrogen-bond acceptors (Lipinski definition) is 4. The van der Waals surface area contributed by atoms with Crippen LogP contribution >= 0.6 is 0 Å². The maximum absolute atomic E-state index is 6.02. The minimum Gasteiger partial charge on any atom is -0.340 e. The zero-order valence-electron chi connectivity index (χ0n) is 13.4. The third-order valence-corrected chi connectivity index (χ3v) is 5.78. The van der Waals surface area contributed by atoms with E-state index in [9.17, 15) is 0 Å². The highest BCUT2D eigenvalue weighted by Gasteiger charge is 2.37. The van der Waals surface area contributed by atoms with Crippen LogP contribution in [0.5, 0.6) is 0 Å². The predicted molar refractivity (Wildman–Crippen MR) is 85.4 cm³/mol. The molecular weight excluding hydrogens is 262 g/mol. The van der Waals surface area contributed by atoms with Gasteiger partial charge in [0.2, 0.25) is 5.95 Å². The highest BCUT2D eigenvalue weighted by molar-refractivity contribution is 5.31. The quantitative estimate of drug-likeness (QED) is 0.894. The van der Waals surface area contributed by atoms with Gasteiger partial charge in [-0.2, -0.15) is 4.98 Å². The van der Waals surface area contributed by atoms with E-state index >= 15 is 0 Å². The Balaban J connectivity index is 1.68. The molecule has 3 N–H and O–H groups in total. The van der Waals surface area contributed by atoms with Crippen molar-refractivity contribution in [3.8, 4) is 0 Å². The smallest absolute Gasteiger partial charge is 0.244 e. The number of hydrogen-bond donors (Lipinski definition) is 2. The molecule has 1 aromatic heterocycles. The zero-order chi connectivity index (χ0) is 14.9. The Labute approximate surface area is 127 Å². The van der Waals surface area contributed by atoms with Gasteiger partial charge in [-0.25, -0.2) is 0 Å². The molecule has 0 amide bonds. The normalized spacial score (nSPS) is 24.4. The van der Waals surface area contributed by atoms with Crippen molar-refractivity contribution in [3.05, 3.63) is 5.82 Å². The minimum atomic E-state index is 0.259. The molecule has 1 atom stereocenters. The van der Waals surface area contributed by atoms with Gasteiger partial charge in [-0.15, -0.1) is 5.10 Å². The Morgan fingerprint density at radius 2 is 2.00 bits per heavy atom. The second-order valence-electron chi connectivity index (χ2n) is 7.01. The fourth-order valence-corrected chi connectivity index (χ4v) is 4.07. The lowest BCUT2D eigenvalue weighted by molar-refractivity contribution is 0.352. The van der Waals surface area contributed by atoms with Crippen LogP contribution in [0, 0.1) is 5.92 Å². The molecule has 1 unspecified atom stereocenters. The Morgan fingerprint density at radius 1 is 1.33 bits per heavy atom. The highest BCUT2D eigenvalue weighted by Crippen LogP contribution is 2.42. The summed E-state index contributed by atoms with van der Waals surface area (Å²) in [5, 5.41) is 7.75. The average molecular weight is 291 g/mol. The lowest BCUT2D eigenvalue weighted by Crippen LogP contribution is -2.40. The van der Waals surface area contributed by atoms with Gasteiger partial charge in [0, 0.05) is 24.5 Å². The largest absolute Gasteiger partial charge is 0.340 e. The monoisotopic (exact) mass is 291 g/mol. The van der Waals surface area contributed by atoms with Crippen molar-refractivity contribution >= 4 is 5.95 Å². The number of piperidine rings is 1. The van der Waals surface area contributed by atoms with E-state index in [-0.39, 0.29) is 5.41 Å². The average Bonchev–Trinajstić information content (AvgIpc) is 3.17. The Bertz CT molecular complexity index is 453. The fraction of sp³-hybridized carbons (Fsp3) is 0.875. The summed E-state index contributed by atoms with van der Waals surface area (Å²) in [7, 11) is 0. The van der Waals surface area contributed by atoms with Gasteiger partial charge in [0.05, 0.1) is 0 Å². The van der Waals surface area contributed by atoms with Crippen LogP contribution < -0.4 is 10.6 Å². The minimum absolute atomic E-state index is 0.259. The molecule has 5 heteroatoms. The van der Waals surface area contributed by atoms with Crippen LogP contribution in [0.15, 0.2) is 0 Å². The molecule has 2 fully saturated rings. The van der Waals surface area contributed by atoms with Crippen LogP contribution in [0.1, 0.15) is 64.6 Å². The number of anilines is 1. The number of nitrogens with two attached hydrogens (primary N) is 1. The number of nitrogens with one attached hydrogen (secondary N) is 1. The van der Waals surface area contributed by atoms with Crippen LogP contribution in [-0.2, 0) is 5.41 Å². The maximum atomic E-state index is 6.02. The molecular formula is C16H29N5. The van der Waals surface area contributed by atoms with Gasteiger partial charge >= 0.3 is 0 Å². The molecule has 0 spiro atoms. The molecule has 1 aliphatic heterocycles. The Hall–Kier alpha value is -1.10. The highest BCUT2D eigenvalue weighted by atomic mass is 15.4. The van der Waals surface area contributed by atoms with Crippen molar-refractivity contribution < 1.29 is 0 Å². The van der Waals surface area contributed by atoms with Gasteiger partial charge in [-0.3, -0.25) is 5.10 Å². The van der Waals surface area contributed by atoms with E-state index in [0.717, 1.165) is 44.1 Å². The van der Waals surface area contributed by atoms with Crippen LogP contribution in [0.2, 0.25) is 0 Å². The van der Waals surface area contributed by atoms with E-state index < -0.39 is 0 Å². The van der Waals surface area contributed by atoms with Crippen molar-refractivity contribution in [2.75, 3.05) is 18.0 Å². The molecule has 1 aliphatic carbocycles. The van der Waals surface area contributed by atoms with Crippen molar-refractivity contribution in [3.63, 3.8) is 0 Å². The zero-order valence-corrected chi connectivity index (χ0v) is 13.4. The van der Waals surface area contributed by atoms with Crippen LogP contribution in [-0.4, -0.2) is 34.3 Å². The number of aromatic amines is 1. The van der Waals surface area contributed by atoms with Gasteiger partial charge in [0.25, 0.3) is 0 Å². The van der Waals surface area contributed by atoms with E-state index in [2.05, 4.69) is 28.9 Å². The number of rotatable bonds is 4. The molecule has 0 radical (unpaired) electrons. The lowest BCUT2D eigenvalue weighted by Gasteiger charge is -2.33. The molecule has 21 heavy (non-hydrogen) atoms. The second kappa shape index (κ2) is 5.95. The standard InChI is InChI=1S/C16H29N5/c1-3-16(8-4-5-9-16)14-18-15(20-19-14)21-10-6-13(7-11-21)12(2)17/h12-13H,3-11,17H2,1-2H3,(H,18,19,20). The number of H-pyrrole nitrogens is 1. The van der Waals surface area contributed by atoms with Gasteiger partial charge in [0.1, 0.15) is 5.82 Å². The van der Waals surface area contributed by atoms with Gasteiger partial charge in [-0.1, -0.05) is 19.8 Å². The summed E-state index contributed by atoms with van der Waals surface area (Å²) in [5.74, 6) is 2.66. The summed E-state index contributed by atoms with van der Waals surface area (Å²) >= 11 is 0. The van der Waals surface area contributed by atoms with E-state index in [1.807, 2.05) is 0 Å². The fourth-order valence-electron chi connectivity index (χ4n) is 4.07. The van der Waals surface area contributed by atoms with E-state index in [0.29, 0.717) is 12.0 Å². The molecule has 1 aromatic rings. The van der Waals surface area contributed by atoms with Crippen LogP contribution in [0.4, 0.5) is 5.95 Å². The van der Waals surface area contributed by atoms with E-state index in [1.165, 1.54) is 25.7 Å². The second-order valence-corrected chi connectivity index (χ2v) is 7.01. The predicted octanol–water partition coefficient (Wildman–Crippen LogP) is 2.59. The van der Waals surface area contributed by atoms with Gasteiger partial charge in [0.15, 0.2) is 0 Å². The Morgan fingerprint density at radius 3 is 2.57 bits per heavy atom. The van der Waals surface area contributed by atoms with Crippen LogP contribution in [0.25, 0.3) is 0 Å². The molecule has 118 valence electrons. The third kappa shape index (κ3) is 2.80. The summed E-state index contributed by atoms with van der Waals surface area (Å²) in [6.07, 6.45) is 8.62. The molecule has 3 rings (SSSR count). The lowest BCUT2D eigenvalue weighted by atomic mass is 9.83. The summed E-state index contributed by atoms with van der Waals surface area (Å²) in [4.78, 5) is 7.17. The van der Waals surface area contributed by atoms with E-state index in [4.69, 9.17) is 10.7 Å². The molecule has 0 aromatic carbocycles. The van der Waals surface area contributed by atoms with Crippen LogP contribution in [0.3, 0.4) is 0 Å². The van der Waals surface area contributed by atoms with Gasteiger partial charge in [-0.05, 0) is 44.9 Å². The first-order valence-corrected chi connectivity index (χ1v) is 8.58. The summed E-state index contributed by atoms with van der Waals surface area (Å²) in [6, 6.07) is 0.303. The van der Waals surface area contributed by atoms with Crippen molar-refractivity contribution in [2.45, 2.75) is 70.3 Å². The third-order valence-electron chi connectivity index (χ3n) is 5.78. The van der Waals surface area contributed by atoms with E-state index in [1.54, 1.807) is 0 Å². The first-order chi connectivity index (χ1) is 10.1. The van der Waals surface area contributed by atoms with Crippen molar-refractivity contribution in [2.24, 2.45) is 11.7 Å². The molecule has 0 bridgehead atoms. The van der Waals surface area contributed by atoms with Crippen molar-refractivity contribution in [1.82, 2.24) is 15.2 Å². The first kappa shape index (κ1) is 14.8. The SMILES string of the molecule is CCC1(c2nc(N3CCC(C(C)N)CC3)n[nH]2)CCCC1. The molecule has 5 nitrogen and oxygen atoms in total. The van der Waals surface area contributed by atoms with Gasteiger partial charge < -0.3 is 10.6 Å². The topological polar surface area (TPSA) is 70.8 Å². The molecule has 2 aliphatic rings. The molecule has 1 saturated heterocycles. The Kier molecular flexibility index (Phi) is 4.20.